The van der Waals surface area contributed by atoms with E-state index in [0.717, 1.165) is 37.0 Å². The van der Waals surface area contributed by atoms with Gasteiger partial charge >= 0.3 is 0 Å². The van der Waals surface area contributed by atoms with Crippen molar-refractivity contribution in [3.63, 3.8) is 0 Å². The molecule has 130 valence electrons. The fourth-order valence-corrected chi connectivity index (χ4v) is 3.34. The summed E-state index contributed by atoms with van der Waals surface area (Å²) in [5.41, 5.74) is 2.27. The first-order valence-corrected chi connectivity index (χ1v) is 8.53. The van der Waals surface area contributed by atoms with E-state index in [-0.39, 0.29) is 12.1 Å². The van der Waals surface area contributed by atoms with Crippen LogP contribution < -0.4 is 0 Å². The Morgan fingerprint density at radius 2 is 2.00 bits per heavy atom. The molecule has 1 aliphatic rings. The lowest BCUT2D eigenvalue weighted by Gasteiger charge is -2.40. The zero-order valence-electron chi connectivity index (χ0n) is 15.0. The van der Waals surface area contributed by atoms with Crippen LogP contribution >= 0.6 is 0 Å². The second kappa shape index (κ2) is 7.47. The highest BCUT2D eigenvalue weighted by Crippen LogP contribution is 2.28. The summed E-state index contributed by atoms with van der Waals surface area (Å²) in [5, 5.41) is 0. The van der Waals surface area contributed by atoms with Gasteiger partial charge in [-0.25, -0.2) is 4.98 Å². The molecule has 1 aromatic carbocycles. The lowest BCUT2D eigenvalue weighted by molar-refractivity contribution is -0.0747. The molecular formula is C19H27N3O2. The van der Waals surface area contributed by atoms with E-state index in [2.05, 4.69) is 59.2 Å². The van der Waals surface area contributed by atoms with Crippen molar-refractivity contribution >= 4 is 0 Å². The average molecular weight is 329 g/mol. The van der Waals surface area contributed by atoms with Crippen molar-refractivity contribution in [3.05, 3.63) is 53.2 Å². The number of oxazole rings is 1. The Morgan fingerprint density at radius 3 is 2.67 bits per heavy atom. The lowest BCUT2D eigenvalue weighted by Crippen LogP contribution is -2.47. The van der Waals surface area contributed by atoms with Crippen LogP contribution in [0.15, 0.2) is 34.7 Å². The van der Waals surface area contributed by atoms with Crippen LogP contribution in [0.5, 0.6) is 0 Å². The summed E-state index contributed by atoms with van der Waals surface area (Å²) >= 11 is 0. The Morgan fingerprint density at radius 1 is 1.25 bits per heavy atom. The summed E-state index contributed by atoms with van der Waals surface area (Å²) in [6.45, 7) is 7.20. The molecule has 5 nitrogen and oxygen atoms in total. The lowest BCUT2D eigenvalue weighted by atomic mass is 9.98. The third kappa shape index (κ3) is 3.86. The minimum atomic E-state index is 0.133. The fourth-order valence-electron chi connectivity index (χ4n) is 3.34. The molecule has 1 aliphatic heterocycles. The van der Waals surface area contributed by atoms with Gasteiger partial charge in [0.2, 0.25) is 5.89 Å². The Labute approximate surface area is 144 Å². The highest BCUT2D eigenvalue weighted by molar-refractivity contribution is 5.21. The van der Waals surface area contributed by atoms with E-state index in [1.165, 1.54) is 5.56 Å². The van der Waals surface area contributed by atoms with Gasteiger partial charge in [-0.2, -0.15) is 0 Å². The molecule has 1 fully saturated rings. The van der Waals surface area contributed by atoms with Gasteiger partial charge in [0.25, 0.3) is 0 Å². The standard InChI is InChI=1S/C19H27N3O2/c1-14-15(2)24-18(20-14)13-21(3)12-17-19(22(4)10-11-23-17)16-8-6-5-7-9-16/h5-9,17,19H,10-13H2,1-4H3/t17-,19-/m0/s1. The van der Waals surface area contributed by atoms with E-state index in [4.69, 9.17) is 9.15 Å². The monoisotopic (exact) mass is 329 g/mol. The van der Waals surface area contributed by atoms with Gasteiger partial charge < -0.3 is 9.15 Å². The van der Waals surface area contributed by atoms with Gasteiger partial charge in [0.1, 0.15) is 5.76 Å². The summed E-state index contributed by atoms with van der Waals surface area (Å²) in [6, 6.07) is 10.9. The molecular weight excluding hydrogens is 302 g/mol. The van der Waals surface area contributed by atoms with Gasteiger partial charge in [-0.1, -0.05) is 30.3 Å². The van der Waals surface area contributed by atoms with E-state index in [1.807, 2.05) is 13.8 Å². The quantitative estimate of drug-likeness (QED) is 0.844. The first kappa shape index (κ1) is 17.1. The maximum atomic E-state index is 6.12. The van der Waals surface area contributed by atoms with Crippen LogP contribution in [0.3, 0.4) is 0 Å². The molecule has 2 aromatic rings. The molecule has 5 heteroatoms. The molecule has 0 unspecified atom stereocenters. The van der Waals surface area contributed by atoms with E-state index >= 15 is 0 Å². The minimum Gasteiger partial charge on any atom is -0.444 e. The number of nitrogens with zero attached hydrogens (tertiary/aromatic N) is 3. The van der Waals surface area contributed by atoms with Gasteiger partial charge in [-0.3, -0.25) is 9.80 Å². The SMILES string of the molecule is Cc1nc(CN(C)C[C@@H]2OCCN(C)[C@H]2c2ccccc2)oc1C. The molecule has 1 saturated heterocycles. The second-order valence-corrected chi connectivity index (χ2v) is 6.69. The number of benzene rings is 1. The molecule has 2 atom stereocenters. The highest BCUT2D eigenvalue weighted by Gasteiger charge is 2.32. The zero-order chi connectivity index (χ0) is 17.1. The number of likely N-dealkylation sites (N-methyl/N-ethyl adjacent to an activating group) is 2. The third-order valence-electron chi connectivity index (χ3n) is 4.71. The second-order valence-electron chi connectivity index (χ2n) is 6.69. The molecule has 0 saturated carbocycles. The number of ether oxygens (including phenoxy) is 1. The van der Waals surface area contributed by atoms with Gasteiger partial charge in [-0.05, 0) is 33.5 Å². The predicted octanol–water partition coefficient (Wildman–Crippen LogP) is 2.80. The molecule has 1 aromatic heterocycles. The Balaban J connectivity index is 1.69. The van der Waals surface area contributed by atoms with Crippen LogP contribution in [-0.4, -0.2) is 54.7 Å². The van der Waals surface area contributed by atoms with Crippen molar-refractivity contribution in [1.29, 1.82) is 0 Å². The summed E-state index contributed by atoms with van der Waals surface area (Å²) in [7, 11) is 4.27. The summed E-state index contributed by atoms with van der Waals surface area (Å²) in [4.78, 5) is 9.09. The molecule has 24 heavy (non-hydrogen) atoms. The van der Waals surface area contributed by atoms with Crippen molar-refractivity contribution in [2.75, 3.05) is 33.8 Å². The maximum absolute atomic E-state index is 6.12. The van der Waals surface area contributed by atoms with Crippen molar-refractivity contribution in [2.24, 2.45) is 0 Å². The van der Waals surface area contributed by atoms with Crippen molar-refractivity contribution < 1.29 is 9.15 Å². The number of hydrogen-bond donors (Lipinski definition) is 0. The van der Waals surface area contributed by atoms with Gasteiger partial charge in [0.15, 0.2) is 0 Å². The first-order chi connectivity index (χ1) is 11.5. The van der Waals surface area contributed by atoms with Crippen molar-refractivity contribution in [3.8, 4) is 0 Å². The topological polar surface area (TPSA) is 41.7 Å². The average Bonchev–Trinajstić information content (AvgIpc) is 2.86. The Hall–Kier alpha value is -1.69. The van der Waals surface area contributed by atoms with E-state index in [1.54, 1.807) is 0 Å². The number of rotatable bonds is 5. The number of aromatic nitrogens is 1. The first-order valence-electron chi connectivity index (χ1n) is 8.53. The van der Waals surface area contributed by atoms with Crippen LogP contribution in [0.1, 0.15) is 29.0 Å². The molecule has 0 spiro atoms. The van der Waals surface area contributed by atoms with Crippen LogP contribution in [0.2, 0.25) is 0 Å². The maximum Gasteiger partial charge on any atom is 0.208 e. The van der Waals surface area contributed by atoms with Crippen LogP contribution in [0, 0.1) is 13.8 Å². The highest BCUT2D eigenvalue weighted by atomic mass is 16.5. The molecule has 2 heterocycles. The predicted molar refractivity (Wildman–Crippen MR) is 93.9 cm³/mol. The van der Waals surface area contributed by atoms with E-state index < -0.39 is 0 Å². The minimum absolute atomic E-state index is 0.133. The summed E-state index contributed by atoms with van der Waals surface area (Å²) < 4.78 is 11.8. The number of aryl methyl sites for hydroxylation is 2. The van der Waals surface area contributed by atoms with Gasteiger partial charge in [0, 0.05) is 13.1 Å². The van der Waals surface area contributed by atoms with Crippen molar-refractivity contribution in [1.82, 2.24) is 14.8 Å². The van der Waals surface area contributed by atoms with Crippen LogP contribution in [0.4, 0.5) is 0 Å². The smallest absolute Gasteiger partial charge is 0.208 e. The molecule has 0 bridgehead atoms. The fraction of sp³-hybridized carbons (Fsp3) is 0.526. The largest absolute Gasteiger partial charge is 0.444 e. The Bertz CT molecular complexity index is 636. The van der Waals surface area contributed by atoms with Crippen LogP contribution in [-0.2, 0) is 11.3 Å². The summed E-state index contributed by atoms with van der Waals surface area (Å²) in [6.07, 6.45) is 0.133. The molecule has 0 amide bonds. The third-order valence-corrected chi connectivity index (χ3v) is 4.71. The number of morpholine rings is 1. The van der Waals surface area contributed by atoms with Crippen molar-refractivity contribution in [2.45, 2.75) is 32.5 Å². The zero-order valence-corrected chi connectivity index (χ0v) is 15.0. The molecule has 0 N–H and O–H groups in total. The van der Waals surface area contributed by atoms with Gasteiger partial charge in [0.05, 0.1) is 31.0 Å². The molecule has 0 radical (unpaired) electrons. The molecule has 0 aliphatic carbocycles. The van der Waals surface area contributed by atoms with E-state index in [9.17, 15) is 0 Å². The number of hydrogen-bond acceptors (Lipinski definition) is 5. The molecule has 3 rings (SSSR count). The summed E-state index contributed by atoms with van der Waals surface area (Å²) in [5.74, 6) is 1.67. The van der Waals surface area contributed by atoms with Crippen LogP contribution in [0.25, 0.3) is 0 Å². The Kier molecular flexibility index (Phi) is 5.33. The normalized spacial score (nSPS) is 22.2. The van der Waals surface area contributed by atoms with Gasteiger partial charge in [-0.15, -0.1) is 0 Å². The van der Waals surface area contributed by atoms with E-state index in [0.29, 0.717) is 6.54 Å².